The van der Waals surface area contributed by atoms with Gasteiger partial charge in [-0.2, -0.15) is 0 Å². The van der Waals surface area contributed by atoms with E-state index in [-0.39, 0.29) is 31.1 Å². The summed E-state index contributed by atoms with van der Waals surface area (Å²) >= 11 is 0. The largest absolute Gasteiger partial charge is 0.462 e. The van der Waals surface area contributed by atoms with Gasteiger partial charge in [-0.05, 0) is 31.1 Å². The third kappa shape index (κ3) is 35.7. The molecule has 0 amide bonds. The zero-order valence-corrected chi connectivity index (χ0v) is 32.6. The maximum absolute atomic E-state index is 12.6. The average molecular weight is 681 g/mol. The van der Waals surface area contributed by atoms with Gasteiger partial charge in [0.25, 0.3) is 0 Å². The summed E-state index contributed by atoms with van der Waals surface area (Å²) in [7, 11) is 0. The van der Waals surface area contributed by atoms with E-state index >= 15 is 0 Å². The van der Waals surface area contributed by atoms with E-state index in [1.165, 1.54) is 109 Å². The normalized spacial score (nSPS) is 12.1. The second-order valence-electron chi connectivity index (χ2n) is 15.2. The zero-order valence-electron chi connectivity index (χ0n) is 32.6. The van der Waals surface area contributed by atoms with Crippen LogP contribution >= 0.6 is 0 Å². The molecule has 6 heteroatoms. The van der Waals surface area contributed by atoms with Gasteiger partial charge in [-0.3, -0.25) is 14.4 Å². The van der Waals surface area contributed by atoms with Gasteiger partial charge in [-0.15, -0.1) is 0 Å². The van der Waals surface area contributed by atoms with Crippen molar-refractivity contribution in [1.82, 2.24) is 0 Å². The molecule has 0 aliphatic rings. The predicted molar refractivity (Wildman–Crippen MR) is 201 cm³/mol. The lowest BCUT2D eigenvalue weighted by Gasteiger charge is -2.18. The fourth-order valence-corrected chi connectivity index (χ4v) is 6.05. The van der Waals surface area contributed by atoms with Crippen molar-refractivity contribution in [2.75, 3.05) is 13.2 Å². The summed E-state index contributed by atoms with van der Waals surface area (Å²) in [6.45, 7) is 11.2. The van der Waals surface area contributed by atoms with Crippen LogP contribution in [-0.2, 0) is 28.6 Å². The van der Waals surface area contributed by atoms with Gasteiger partial charge in [0.1, 0.15) is 13.2 Å². The van der Waals surface area contributed by atoms with Crippen molar-refractivity contribution in [3.05, 3.63) is 0 Å². The Bertz CT molecular complexity index is 734. The molecule has 284 valence electrons. The third-order valence-corrected chi connectivity index (χ3v) is 9.22. The van der Waals surface area contributed by atoms with Crippen molar-refractivity contribution < 1.29 is 28.6 Å². The van der Waals surface area contributed by atoms with E-state index in [1.54, 1.807) is 0 Å². The zero-order chi connectivity index (χ0) is 35.5. The first-order chi connectivity index (χ1) is 23.2. The fraction of sp³-hybridized carbons (Fsp3) is 0.929. The van der Waals surface area contributed by atoms with Crippen molar-refractivity contribution in [1.29, 1.82) is 0 Å². The highest BCUT2D eigenvalue weighted by Crippen LogP contribution is 2.16. The molecule has 0 saturated carbocycles. The van der Waals surface area contributed by atoms with E-state index in [0.29, 0.717) is 19.3 Å². The van der Waals surface area contributed by atoms with E-state index in [2.05, 4.69) is 34.6 Å². The molecule has 0 bridgehead atoms. The van der Waals surface area contributed by atoms with Gasteiger partial charge in [-0.25, -0.2) is 0 Å². The van der Waals surface area contributed by atoms with E-state index < -0.39 is 6.10 Å². The number of unbranched alkanes of at least 4 members (excludes halogenated alkanes) is 21. The highest BCUT2D eigenvalue weighted by atomic mass is 16.6. The first-order valence-electron chi connectivity index (χ1n) is 20.7. The van der Waals surface area contributed by atoms with Crippen LogP contribution in [0.2, 0.25) is 0 Å². The molecule has 0 fully saturated rings. The Morgan fingerprint density at radius 2 is 0.688 bits per heavy atom. The molecule has 0 unspecified atom stereocenters. The Kier molecular flexibility index (Phi) is 34.1. The van der Waals surface area contributed by atoms with E-state index in [0.717, 1.165) is 69.6 Å². The Hall–Kier alpha value is -1.59. The van der Waals surface area contributed by atoms with E-state index in [1.807, 2.05) is 0 Å². The van der Waals surface area contributed by atoms with Crippen LogP contribution in [0.4, 0.5) is 0 Å². The van der Waals surface area contributed by atoms with Gasteiger partial charge in [0.15, 0.2) is 6.10 Å². The molecule has 48 heavy (non-hydrogen) atoms. The molecule has 0 aliphatic heterocycles. The first-order valence-corrected chi connectivity index (χ1v) is 20.7. The molecule has 0 saturated heterocycles. The molecule has 0 aliphatic carbocycles. The molecule has 0 N–H and O–H groups in total. The van der Waals surface area contributed by atoms with Crippen molar-refractivity contribution >= 4 is 17.9 Å². The third-order valence-electron chi connectivity index (χ3n) is 9.22. The number of hydrogen-bond donors (Lipinski definition) is 0. The molecule has 6 nitrogen and oxygen atoms in total. The topological polar surface area (TPSA) is 78.9 Å². The van der Waals surface area contributed by atoms with Crippen molar-refractivity contribution in [3.63, 3.8) is 0 Å². The second kappa shape index (κ2) is 35.2. The van der Waals surface area contributed by atoms with Gasteiger partial charge < -0.3 is 14.2 Å². The standard InChI is InChI=1S/C42H80O6/c1-6-7-8-9-15-22-27-32-40(43)46-35-39(36-47-41(44)33-28-23-19-14-17-21-26-31-38(4)5)48-42(45)34-29-24-18-13-11-10-12-16-20-25-30-37(2)3/h37-39H,6-36H2,1-5H3/t39-/m1/s1. The molecule has 0 aromatic rings. The molecule has 0 rings (SSSR count). The van der Waals surface area contributed by atoms with Crippen LogP contribution in [-0.4, -0.2) is 37.2 Å². The Morgan fingerprint density at radius 3 is 1.02 bits per heavy atom. The van der Waals surface area contributed by atoms with Crippen LogP contribution in [0.3, 0.4) is 0 Å². The van der Waals surface area contributed by atoms with E-state index in [4.69, 9.17) is 14.2 Å². The van der Waals surface area contributed by atoms with Gasteiger partial charge >= 0.3 is 17.9 Å². The van der Waals surface area contributed by atoms with Crippen molar-refractivity contribution in [2.45, 2.75) is 227 Å². The summed E-state index contributed by atoms with van der Waals surface area (Å²) in [5, 5.41) is 0. The highest BCUT2D eigenvalue weighted by Gasteiger charge is 2.19. The Morgan fingerprint density at radius 1 is 0.396 bits per heavy atom. The van der Waals surface area contributed by atoms with Crippen LogP contribution < -0.4 is 0 Å². The monoisotopic (exact) mass is 681 g/mol. The smallest absolute Gasteiger partial charge is 0.306 e. The lowest BCUT2D eigenvalue weighted by Crippen LogP contribution is -2.30. The van der Waals surface area contributed by atoms with Crippen molar-refractivity contribution in [3.8, 4) is 0 Å². The second-order valence-corrected chi connectivity index (χ2v) is 15.2. The van der Waals surface area contributed by atoms with Crippen LogP contribution in [0.5, 0.6) is 0 Å². The molecule has 0 spiro atoms. The minimum atomic E-state index is -0.758. The lowest BCUT2D eigenvalue weighted by molar-refractivity contribution is -0.167. The Labute approximate surface area is 298 Å². The quantitative estimate of drug-likeness (QED) is 0.0372. The average Bonchev–Trinajstić information content (AvgIpc) is 3.04. The number of ether oxygens (including phenoxy) is 3. The fourth-order valence-electron chi connectivity index (χ4n) is 6.05. The SMILES string of the molecule is CCCCCCCCCC(=O)OC[C@H](COC(=O)CCCCCCCCCC(C)C)OC(=O)CCCCCCCCCCCCC(C)C. The van der Waals surface area contributed by atoms with Gasteiger partial charge in [0, 0.05) is 19.3 Å². The molecule has 0 aromatic carbocycles. The number of esters is 3. The van der Waals surface area contributed by atoms with Crippen LogP contribution in [0, 0.1) is 11.8 Å². The predicted octanol–water partition coefficient (Wildman–Crippen LogP) is 12.6. The van der Waals surface area contributed by atoms with E-state index in [9.17, 15) is 14.4 Å². The lowest BCUT2D eigenvalue weighted by atomic mass is 10.0. The van der Waals surface area contributed by atoms with Gasteiger partial charge in [-0.1, -0.05) is 182 Å². The minimum Gasteiger partial charge on any atom is -0.462 e. The summed E-state index contributed by atoms with van der Waals surface area (Å²) in [4.78, 5) is 37.4. The summed E-state index contributed by atoms with van der Waals surface area (Å²) in [5.74, 6) is 0.726. The first kappa shape index (κ1) is 46.4. The summed E-state index contributed by atoms with van der Waals surface area (Å²) in [6.07, 6.45) is 31.1. The number of carbonyl (C=O) groups excluding carboxylic acids is 3. The summed E-state index contributed by atoms with van der Waals surface area (Å²) < 4.78 is 16.6. The van der Waals surface area contributed by atoms with Crippen molar-refractivity contribution in [2.24, 2.45) is 11.8 Å². The van der Waals surface area contributed by atoms with Gasteiger partial charge in [0.05, 0.1) is 0 Å². The molecule has 0 heterocycles. The summed E-state index contributed by atoms with van der Waals surface area (Å²) in [6, 6.07) is 0. The highest BCUT2D eigenvalue weighted by molar-refractivity contribution is 5.71. The van der Waals surface area contributed by atoms with Gasteiger partial charge in [0.2, 0.25) is 0 Å². The maximum Gasteiger partial charge on any atom is 0.306 e. The molecular formula is C42H80O6. The minimum absolute atomic E-state index is 0.0668. The molecule has 0 aromatic heterocycles. The number of rotatable bonds is 36. The molecular weight excluding hydrogens is 600 g/mol. The molecule has 0 radical (unpaired) electrons. The van der Waals surface area contributed by atoms with Crippen LogP contribution in [0.25, 0.3) is 0 Å². The maximum atomic E-state index is 12.6. The molecule has 1 atom stereocenters. The Balaban J connectivity index is 4.32. The van der Waals surface area contributed by atoms with Crippen LogP contribution in [0.1, 0.15) is 221 Å². The number of hydrogen-bond acceptors (Lipinski definition) is 6. The summed E-state index contributed by atoms with van der Waals surface area (Å²) in [5.41, 5.74) is 0. The van der Waals surface area contributed by atoms with Crippen LogP contribution in [0.15, 0.2) is 0 Å². The number of carbonyl (C=O) groups is 3.